The van der Waals surface area contributed by atoms with Crippen molar-refractivity contribution in [2.75, 3.05) is 0 Å². The highest BCUT2D eigenvalue weighted by Gasteiger charge is 2.24. The van der Waals surface area contributed by atoms with E-state index in [1.165, 1.54) is 22.7 Å². The van der Waals surface area contributed by atoms with Gasteiger partial charge in [0, 0.05) is 0 Å². The number of nitrogens with zero attached hydrogens (tertiary/aromatic N) is 1. The summed E-state index contributed by atoms with van der Waals surface area (Å²) in [6, 6.07) is 6.80. The van der Waals surface area contributed by atoms with Gasteiger partial charge in [-0.25, -0.2) is 13.4 Å². The Hall–Kier alpha value is -0.280. The maximum atomic E-state index is 12.6. The van der Waals surface area contributed by atoms with Gasteiger partial charge in [0.2, 0.25) is 14.2 Å². The lowest BCUT2D eigenvalue weighted by Crippen LogP contribution is -2.01. The number of hydrogen-bond donors (Lipinski definition) is 0. The first kappa shape index (κ1) is 14.6. The van der Waals surface area contributed by atoms with Crippen LogP contribution in [0.15, 0.2) is 41.1 Å². The van der Waals surface area contributed by atoms with E-state index in [0.717, 1.165) is 17.8 Å². The van der Waals surface area contributed by atoms with Crippen LogP contribution in [0.5, 0.6) is 0 Å². The van der Waals surface area contributed by atoms with Crippen molar-refractivity contribution in [3.8, 4) is 0 Å². The molecule has 0 aliphatic heterocycles. The third-order valence-electron chi connectivity index (χ3n) is 2.71. The molecule has 3 nitrogen and oxygen atoms in total. The third kappa shape index (κ3) is 2.37. The second-order valence-electron chi connectivity index (χ2n) is 4.12. The summed E-state index contributed by atoms with van der Waals surface area (Å²) in [6.07, 6.45) is 0. The topological polar surface area (TPSA) is 47.0 Å². The van der Waals surface area contributed by atoms with E-state index in [9.17, 15) is 8.42 Å². The van der Waals surface area contributed by atoms with Gasteiger partial charge in [-0.05, 0) is 50.9 Å². The molecule has 8 heteroatoms. The lowest BCUT2D eigenvalue weighted by atomic mass is 10.2. The normalized spacial score (nSPS) is 12.2. The number of rotatable bonds is 2. The van der Waals surface area contributed by atoms with Gasteiger partial charge in [-0.3, -0.25) is 0 Å². The SMILES string of the molecule is Cc1ccc(S(=O)(=O)c2nc3c(Br)sc(Br)c3s2)cc1. The van der Waals surface area contributed by atoms with E-state index in [0.29, 0.717) is 5.52 Å². The molecule has 0 aliphatic carbocycles. The summed E-state index contributed by atoms with van der Waals surface area (Å²) in [6.45, 7) is 1.92. The molecule has 1 aromatic carbocycles. The van der Waals surface area contributed by atoms with Crippen LogP contribution in [0.1, 0.15) is 5.56 Å². The van der Waals surface area contributed by atoms with Crippen molar-refractivity contribution < 1.29 is 8.42 Å². The Morgan fingerprint density at radius 1 is 1.05 bits per heavy atom. The van der Waals surface area contributed by atoms with Crippen LogP contribution in [-0.2, 0) is 9.84 Å². The fourth-order valence-corrected chi connectivity index (χ4v) is 7.57. The summed E-state index contributed by atoms with van der Waals surface area (Å²) >= 11 is 9.51. The van der Waals surface area contributed by atoms with Crippen LogP contribution in [0.4, 0.5) is 0 Å². The van der Waals surface area contributed by atoms with Crippen LogP contribution in [0, 0.1) is 6.92 Å². The molecule has 0 amide bonds. The van der Waals surface area contributed by atoms with Crippen molar-refractivity contribution in [1.29, 1.82) is 0 Å². The minimum absolute atomic E-state index is 0.126. The quantitative estimate of drug-likeness (QED) is 0.548. The summed E-state index contributed by atoms with van der Waals surface area (Å²) in [4.78, 5) is 4.54. The van der Waals surface area contributed by atoms with Crippen LogP contribution in [0.3, 0.4) is 0 Å². The molecule has 0 saturated carbocycles. The molecule has 0 saturated heterocycles. The summed E-state index contributed by atoms with van der Waals surface area (Å²) in [7, 11) is -3.55. The van der Waals surface area contributed by atoms with Crippen molar-refractivity contribution >= 4 is 74.6 Å². The molecule has 0 unspecified atom stereocenters. The Labute approximate surface area is 140 Å². The number of hydrogen-bond acceptors (Lipinski definition) is 5. The second-order valence-corrected chi connectivity index (χ2v) is 10.9. The summed E-state index contributed by atoms with van der Waals surface area (Å²) in [5, 5.41) is 0. The van der Waals surface area contributed by atoms with E-state index in [1.54, 1.807) is 24.3 Å². The number of sulfone groups is 1. The van der Waals surface area contributed by atoms with Crippen molar-refractivity contribution in [3.05, 3.63) is 37.4 Å². The largest absolute Gasteiger partial charge is 0.233 e. The molecule has 0 bridgehead atoms. The Balaban J connectivity index is 2.18. The van der Waals surface area contributed by atoms with Gasteiger partial charge in [0.25, 0.3) is 0 Å². The second kappa shape index (κ2) is 5.17. The molecule has 104 valence electrons. The number of thiazole rings is 1. The maximum absolute atomic E-state index is 12.6. The number of fused-ring (bicyclic) bond motifs is 1. The summed E-state index contributed by atoms with van der Waals surface area (Å²) in [5.74, 6) is 0. The first-order chi connectivity index (χ1) is 9.39. The van der Waals surface area contributed by atoms with Gasteiger partial charge in [-0.1, -0.05) is 17.7 Å². The monoisotopic (exact) mass is 451 g/mol. The Morgan fingerprint density at radius 2 is 1.70 bits per heavy atom. The molecule has 2 aromatic heterocycles. The van der Waals surface area contributed by atoms with Gasteiger partial charge in [0.15, 0.2) is 0 Å². The molecule has 0 fully saturated rings. The van der Waals surface area contributed by atoms with Gasteiger partial charge in [-0.15, -0.1) is 22.7 Å². The van der Waals surface area contributed by atoms with Crippen molar-refractivity contribution in [3.63, 3.8) is 0 Å². The highest BCUT2D eigenvalue weighted by Crippen LogP contribution is 2.43. The summed E-state index contributed by atoms with van der Waals surface area (Å²) in [5.41, 5.74) is 1.71. The van der Waals surface area contributed by atoms with Crippen LogP contribution in [0.25, 0.3) is 10.2 Å². The van der Waals surface area contributed by atoms with Crippen molar-refractivity contribution in [1.82, 2.24) is 4.98 Å². The minimum Gasteiger partial charge on any atom is -0.223 e. The van der Waals surface area contributed by atoms with E-state index in [2.05, 4.69) is 36.8 Å². The van der Waals surface area contributed by atoms with E-state index >= 15 is 0 Å². The number of thiophene rings is 1. The van der Waals surface area contributed by atoms with Crippen molar-refractivity contribution in [2.24, 2.45) is 0 Å². The van der Waals surface area contributed by atoms with Crippen LogP contribution in [0.2, 0.25) is 0 Å². The van der Waals surface area contributed by atoms with E-state index in [4.69, 9.17) is 0 Å². The van der Waals surface area contributed by atoms with Gasteiger partial charge >= 0.3 is 0 Å². The number of aromatic nitrogens is 1. The lowest BCUT2D eigenvalue weighted by molar-refractivity contribution is 0.595. The third-order valence-corrected chi connectivity index (χ3v) is 8.82. The zero-order chi connectivity index (χ0) is 14.5. The highest BCUT2D eigenvalue weighted by atomic mass is 79.9. The standard InChI is InChI=1S/C12H7Br2NO2S3/c1-6-2-4-7(5-3-6)20(16,17)12-15-8-9(18-12)11(14)19-10(8)13/h2-5H,1H3. The highest BCUT2D eigenvalue weighted by molar-refractivity contribution is 9.12. The predicted octanol–water partition coefficient (Wildman–Crippen LogP) is 5.02. The first-order valence-electron chi connectivity index (χ1n) is 5.45. The molecule has 0 spiro atoms. The molecule has 0 N–H and O–H groups in total. The molecule has 0 aliphatic rings. The van der Waals surface area contributed by atoms with Gasteiger partial charge < -0.3 is 0 Å². The Bertz CT molecular complexity index is 860. The molecule has 2 heterocycles. The van der Waals surface area contributed by atoms with Gasteiger partial charge in [0.1, 0.15) is 5.52 Å². The van der Waals surface area contributed by atoms with Crippen LogP contribution < -0.4 is 0 Å². The molecular formula is C12H7Br2NO2S3. The van der Waals surface area contributed by atoms with Gasteiger partial charge in [-0.2, -0.15) is 0 Å². The molecule has 20 heavy (non-hydrogen) atoms. The smallest absolute Gasteiger partial charge is 0.223 e. The zero-order valence-corrected chi connectivity index (χ0v) is 15.7. The number of aryl methyl sites for hydroxylation is 1. The number of benzene rings is 1. The molecule has 3 aromatic rings. The van der Waals surface area contributed by atoms with E-state index in [1.807, 2.05) is 6.92 Å². The molecule has 3 rings (SSSR count). The molecule has 0 radical (unpaired) electrons. The minimum atomic E-state index is -3.55. The Morgan fingerprint density at radius 3 is 2.30 bits per heavy atom. The average molecular weight is 453 g/mol. The van der Waals surface area contributed by atoms with Crippen LogP contribution >= 0.6 is 54.5 Å². The zero-order valence-electron chi connectivity index (χ0n) is 10.1. The average Bonchev–Trinajstić information content (AvgIpc) is 2.93. The van der Waals surface area contributed by atoms with E-state index in [-0.39, 0.29) is 9.24 Å². The first-order valence-corrected chi connectivity index (χ1v) is 10.2. The van der Waals surface area contributed by atoms with Crippen molar-refractivity contribution in [2.45, 2.75) is 16.2 Å². The van der Waals surface area contributed by atoms with Crippen LogP contribution in [-0.4, -0.2) is 13.4 Å². The predicted molar refractivity (Wildman–Crippen MR) is 89.5 cm³/mol. The van der Waals surface area contributed by atoms with E-state index < -0.39 is 9.84 Å². The molecule has 0 atom stereocenters. The van der Waals surface area contributed by atoms with Gasteiger partial charge in [0.05, 0.1) is 17.2 Å². The Kier molecular flexibility index (Phi) is 3.79. The molecular weight excluding hydrogens is 446 g/mol. The summed E-state index contributed by atoms with van der Waals surface area (Å²) < 4.78 is 27.8. The number of halogens is 2. The fourth-order valence-electron chi connectivity index (χ4n) is 1.67. The maximum Gasteiger partial charge on any atom is 0.233 e. The fraction of sp³-hybridized carbons (Fsp3) is 0.0833. The lowest BCUT2D eigenvalue weighted by Gasteiger charge is -2.00.